The molecule has 214 valence electrons. The Balaban J connectivity index is 2.08. The van der Waals surface area contributed by atoms with Gasteiger partial charge in [0.2, 0.25) is 11.7 Å². The highest BCUT2D eigenvalue weighted by Crippen LogP contribution is 2.25. The summed E-state index contributed by atoms with van der Waals surface area (Å²) < 4.78 is 0. The summed E-state index contributed by atoms with van der Waals surface area (Å²) in [5.41, 5.74) is 7.57. The molecule has 1 aromatic carbocycles. The zero-order chi connectivity index (χ0) is 29.3. The van der Waals surface area contributed by atoms with Crippen LogP contribution in [0.4, 0.5) is 4.79 Å². The molecule has 1 aliphatic rings. The van der Waals surface area contributed by atoms with Crippen LogP contribution in [0.3, 0.4) is 0 Å². The van der Waals surface area contributed by atoms with Crippen LogP contribution in [-0.4, -0.2) is 71.2 Å². The van der Waals surface area contributed by atoms with Gasteiger partial charge in [-0.3, -0.25) is 24.6 Å². The van der Waals surface area contributed by atoms with Gasteiger partial charge in [0.15, 0.2) is 5.78 Å². The second kappa shape index (κ2) is 13.9. The van der Waals surface area contributed by atoms with Gasteiger partial charge in [-0.05, 0) is 31.1 Å². The Hall–Kier alpha value is -3.76. The van der Waals surface area contributed by atoms with E-state index in [0.29, 0.717) is 18.5 Å². The third-order valence-corrected chi connectivity index (χ3v) is 6.74. The summed E-state index contributed by atoms with van der Waals surface area (Å²) >= 11 is 0. The van der Waals surface area contributed by atoms with Gasteiger partial charge in [0.25, 0.3) is 5.91 Å². The van der Waals surface area contributed by atoms with Gasteiger partial charge in [-0.2, -0.15) is 5.10 Å². The molecule has 0 radical (unpaired) electrons. The number of primary amides is 1. The van der Waals surface area contributed by atoms with E-state index < -0.39 is 41.3 Å². The molecule has 0 saturated carbocycles. The summed E-state index contributed by atoms with van der Waals surface area (Å²) in [6.45, 7) is 11.4. The molecule has 0 bridgehead atoms. The fourth-order valence-electron chi connectivity index (χ4n) is 4.28. The molecule has 1 aliphatic heterocycles. The number of urea groups is 1. The number of nitrogens with two attached hydrogens (primary N) is 1. The topological polar surface area (TPSA) is 163 Å². The number of hydrazone groups is 1. The van der Waals surface area contributed by atoms with Crippen LogP contribution >= 0.6 is 0 Å². The highest BCUT2D eigenvalue weighted by atomic mass is 16.2. The number of carbonyl (C=O) groups excluding carboxylic acids is 5. The van der Waals surface area contributed by atoms with Crippen LogP contribution in [0.15, 0.2) is 35.4 Å². The fraction of sp³-hybridized carbons (Fsp3) is 0.571. The van der Waals surface area contributed by atoms with Gasteiger partial charge >= 0.3 is 6.03 Å². The van der Waals surface area contributed by atoms with Crippen molar-refractivity contribution < 1.29 is 24.0 Å². The van der Waals surface area contributed by atoms with Gasteiger partial charge in [0, 0.05) is 30.8 Å². The van der Waals surface area contributed by atoms with Gasteiger partial charge in [0.1, 0.15) is 12.1 Å². The van der Waals surface area contributed by atoms with E-state index in [1.807, 2.05) is 40.7 Å². The normalized spacial score (nSPS) is 17.9. The number of carbonyl (C=O) groups is 5. The molecule has 2 rings (SSSR count). The van der Waals surface area contributed by atoms with Crippen molar-refractivity contribution in [3.63, 3.8) is 0 Å². The highest BCUT2D eigenvalue weighted by molar-refractivity contribution is 6.37. The molecular formula is C28H42N6O5. The summed E-state index contributed by atoms with van der Waals surface area (Å²) in [6.07, 6.45) is 3.07. The molecule has 39 heavy (non-hydrogen) atoms. The minimum absolute atomic E-state index is 0.0114. The number of hydrogen-bond acceptors (Lipinski definition) is 7. The Bertz CT molecular complexity index is 1070. The lowest BCUT2D eigenvalue weighted by atomic mass is 9.85. The summed E-state index contributed by atoms with van der Waals surface area (Å²) in [5, 5.41) is 9.79. The zero-order valence-corrected chi connectivity index (χ0v) is 23.7. The lowest BCUT2D eigenvalue weighted by Gasteiger charge is -2.35. The van der Waals surface area contributed by atoms with Crippen molar-refractivity contribution in [2.24, 2.45) is 22.2 Å². The van der Waals surface area contributed by atoms with Crippen LogP contribution in [0.5, 0.6) is 0 Å². The molecule has 1 saturated heterocycles. The predicted molar refractivity (Wildman–Crippen MR) is 149 cm³/mol. The van der Waals surface area contributed by atoms with Crippen LogP contribution < -0.4 is 21.8 Å². The van der Waals surface area contributed by atoms with Crippen LogP contribution in [-0.2, 0) is 14.4 Å². The minimum Gasteiger partial charge on any atom is -0.363 e. The van der Waals surface area contributed by atoms with Crippen molar-refractivity contribution in [3.8, 4) is 0 Å². The lowest BCUT2D eigenvalue weighted by molar-refractivity contribution is -0.136. The molecule has 1 aromatic rings. The van der Waals surface area contributed by atoms with Crippen molar-refractivity contribution in [2.45, 2.75) is 85.0 Å². The van der Waals surface area contributed by atoms with E-state index in [4.69, 9.17) is 5.73 Å². The molecule has 1 fully saturated rings. The van der Waals surface area contributed by atoms with E-state index in [9.17, 15) is 24.0 Å². The first-order chi connectivity index (χ1) is 18.2. The molecule has 0 spiro atoms. The van der Waals surface area contributed by atoms with E-state index in [-0.39, 0.29) is 30.1 Å². The molecule has 0 aliphatic carbocycles. The Kier molecular flexibility index (Phi) is 11.2. The Morgan fingerprint density at radius 3 is 2.28 bits per heavy atom. The van der Waals surface area contributed by atoms with E-state index >= 15 is 0 Å². The number of hydrogen-bond donors (Lipinski definition) is 4. The molecule has 5 N–H and O–H groups in total. The fourth-order valence-corrected chi connectivity index (χ4v) is 4.28. The standard InChI is InChI=1S/C28H42N6O5/c1-17(2)21(15-22(35)19-11-8-7-9-12-19)31-27(39)32-24(28(4,5)6)26(38)34-14-10-13-20(34)16-30-33-18(3)23(36)25(29)37/h7-9,11-12,16-18,20-21,24,33H,10,13-15H2,1-6H3,(H2,29,37)(H2,31,32,39). The third-order valence-electron chi connectivity index (χ3n) is 6.74. The average molecular weight is 543 g/mol. The monoisotopic (exact) mass is 542 g/mol. The molecule has 1 heterocycles. The third kappa shape index (κ3) is 9.19. The second-order valence-electron chi connectivity index (χ2n) is 11.4. The van der Waals surface area contributed by atoms with Gasteiger partial charge in [-0.15, -0.1) is 0 Å². The Labute approximate surface area is 230 Å². The Morgan fingerprint density at radius 2 is 1.72 bits per heavy atom. The van der Waals surface area contributed by atoms with E-state index in [0.717, 1.165) is 6.42 Å². The number of benzene rings is 1. The number of nitrogens with one attached hydrogen (secondary N) is 3. The molecule has 0 aromatic heterocycles. The van der Waals surface area contributed by atoms with Crippen molar-refractivity contribution >= 4 is 35.6 Å². The van der Waals surface area contributed by atoms with Crippen molar-refractivity contribution in [1.82, 2.24) is 21.0 Å². The quantitative estimate of drug-likeness (QED) is 0.137. The minimum atomic E-state index is -1.05. The maximum Gasteiger partial charge on any atom is 0.315 e. The first-order valence-electron chi connectivity index (χ1n) is 13.3. The summed E-state index contributed by atoms with van der Waals surface area (Å²) in [7, 11) is 0. The number of rotatable bonds is 12. The first-order valence-corrected chi connectivity index (χ1v) is 13.3. The van der Waals surface area contributed by atoms with Crippen LogP contribution in [0.25, 0.3) is 0 Å². The van der Waals surface area contributed by atoms with Crippen molar-refractivity contribution in [1.29, 1.82) is 0 Å². The smallest absolute Gasteiger partial charge is 0.315 e. The molecule has 4 amide bonds. The van der Waals surface area contributed by atoms with E-state index in [1.165, 1.54) is 13.1 Å². The molecule has 11 nitrogen and oxygen atoms in total. The number of nitrogens with zero attached hydrogens (tertiary/aromatic N) is 2. The van der Waals surface area contributed by atoms with Crippen molar-refractivity contribution in [3.05, 3.63) is 35.9 Å². The average Bonchev–Trinajstić information content (AvgIpc) is 3.34. The number of amides is 4. The molecule has 4 atom stereocenters. The molecular weight excluding hydrogens is 500 g/mol. The molecule has 11 heteroatoms. The van der Waals surface area contributed by atoms with Crippen LogP contribution in [0.2, 0.25) is 0 Å². The predicted octanol–water partition coefficient (Wildman–Crippen LogP) is 2.01. The second-order valence-corrected chi connectivity index (χ2v) is 11.4. The van der Waals surface area contributed by atoms with Gasteiger partial charge in [0.05, 0.1) is 6.04 Å². The number of likely N-dealkylation sites (tertiary alicyclic amines) is 1. The summed E-state index contributed by atoms with van der Waals surface area (Å²) in [6, 6.07) is 5.91. The molecule has 4 unspecified atom stereocenters. The van der Waals surface area contributed by atoms with Crippen molar-refractivity contribution in [2.75, 3.05) is 6.54 Å². The van der Waals surface area contributed by atoms with E-state index in [2.05, 4.69) is 21.2 Å². The van der Waals surface area contributed by atoms with Gasteiger partial charge in [-0.1, -0.05) is 65.0 Å². The van der Waals surface area contributed by atoms with Crippen LogP contribution in [0, 0.1) is 11.3 Å². The summed E-state index contributed by atoms with van der Waals surface area (Å²) in [4.78, 5) is 63.8. The zero-order valence-electron chi connectivity index (χ0n) is 23.7. The Morgan fingerprint density at radius 1 is 1.08 bits per heavy atom. The lowest BCUT2D eigenvalue weighted by Crippen LogP contribution is -2.59. The highest BCUT2D eigenvalue weighted by Gasteiger charge is 2.39. The summed E-state index contributed by atoms with van der Waals surface area (Å²) in [5.74, 6) is -2.18. The van der Waals surface area contributed by atoms with Crippen LogP contribution in [0.1, 0.15) is 71.2 Å². The number of ketones is 2. The number of Topliss-reactive ketones (excluding diaryl/α,β-unsaturated/α-hetero) is 2. The SMILES string of the molecule is CC(NN=CC1CCCN1C(=O)C(NC(=O)NC(CC(=O)c1ccccc1)C(C)C)C(C)(C)C)C(=O)C(N)=O. The van der Waals surface area contributed by atoms with Gasteiger partial charge in [-0.25, -0.2) is 4.79 Å². The largest absolute Gasteiger partial charge is 0.363 e. The van der Waals surface area contributed by atoms with E-state index in [1.54, 1.807) is 29.2 Å². The van der Waals surface area contributed by atoms with Gasteiger partial charge < -0.3 is 21.3 Å². The maximum absolute atomic E-state index is 13.6. The maximum atomic E-state index is 13.6. The first kappa shape index (κ1) is 31.5.